The third kappa shape index (κ3) is 4.09. The van der Waals surface area contributed by atoms with Gasteiger partial charge in [-0.3, -0.25) is 13.9 Å². The summed E-state index contributed by atoms with van der Waals surface area (Å²) < 4.78 is 23.4. The summed E-state index contributed by atoms with van der Waals surface area (Å²) in [6, 6.07) is 12.1. The lowest BCUT2D eigenvalue weighted by atomic mass is 9.94. The Labute approximate surface area is 216 Å². The Morgan fingerprint density at radius 2 is 1.97 bits per heavy atom. The number of methoxy groups -OCH3 is 1. The minimum Gasteiger partial charge on any atom is -0.497 e. The fourth-order valence-electron chi connectivity index (χ4n) is 4.69. The van der Waals surface area contributed by atoms with Crippen LogP contribution in [-0.2, 0) is 18.3 Å². The molecule has 0 radical (unpaired) electrons. The number of hydrogen-bond acceptors (Lipinski definition) is 8. The topological polar surface area (TPSA) is 115 Å². The van der Waals surface area contributed by atoms with Gasteiger partial charge in [0.05, 0.1) is 19.0 Å². The molecule has 12 heteroatoms. The number of hydrogen-bond donors (Lipinski definition) is 1. The monoisotopic (exact) mass is 513 g/mol. The number of nitrogens with zero attached hydrogens (tertiary/aromatic N) is 8. The molecule has 0 bridgehead atoms. The van der Waals surface area contributed by atoms with E-state index in [1.165, 1.54) is 13.2 Å². The number of pyridine rings is 1. The molecule has 0 spiro atoms. The largest absolute Gasteiger partial charge is 0.497 e. The van der Waals surface area contributed by atoms with Crippen molar-refractivity contribution >= 4 is 29.1 Å². The highest BCUT2D eigenvalue weighted by molar-refractivity contribution is 5.94. The van der Waals surface area contributed by atoms with Gasteiger partial charge in [0.1, 0.15) is 29.0 Å². The molecule has 0 saturated heterocycles. The zero-order chi connectivity index (χ0) is 26.4. The predicted molar refractivity (Wildman–Crippen MR) is 138 cm³/mol. The number of amides is 1. The van der Waals surface area contributed by atoms with Gasteiger partial charge in [0, 0.05) is 50.3 Å². The first kappa shape index (κ1) is 23.5. The van der Waals surface area contributed by atoms with Crippen molar-refractivity contribution in [2.75, 3.05) is 24.4 Å². The van der Waals surface area contributed by atoms with Crippen LogP contribution in [0.2, 0.25) is 0 Å². The molecule has 1 N–H and O–H groups in total. The number of carbonyl (C=O) groups excluding carboxylic acids is 1. The molecule has 1 unspecified atom stereocenters. The van der Waals surface area contributed by atoms with E-state index in [2.05, 4.69) is 30.6 Å². The van der Waals surface area contributed by atoms with Crippen LogP contribution in [0, 0.1) is 5.82 Å². The van der Waals surface area contributed by atoms with Crippen LogP contribution in [0.15, 0.2) is 54.9 Å². The van der Waals surface area contributed by atoms with Crippen molar-refractivity contribution < 1.29 is 13.9 Å². The van der Waals surface area contributed by atoms with Crippen LogP contribution in [0.5, 0.6) is 5.75 Å². The molecule has 5 heterocycles. The molecule has 4 aromatic heterocycles. The van der Waals surface area contributed by atoms with Gasteiger partial charge in [0.25, 0.3) is 0 Å². The van der Waals surface area contributed by atoms with Crippen molar-refractivity contribution in [3.63, 3.8) is 0 Å². The number of rotatable bonds is 6. The highest BCUT2D eigenvalue weighted by Gasteiger charge is 2.31. The van der Waals surface area contributed by atoms with Crippen molar-refractivity contribution in [3.8, 4) is 17.0 Å². The van der Waals surface area contributed by atoms with Crippen molar-refractivity contribution in [1.29, 1.82) is 0 Å². The van der Waals surface area contributed by atoms with Gasteiger partial charge in [0.2, 0.25) is 11.9 Å². The van der Waals surface area contributed by atoms with Crippen molar-refractivity contribution in [2.45, 2.75) is 18.8 Å². The average molecular weight is 514 g/mol. The molecule has 1 aliphatic rings. The first-order chi connectivity index (χ1) is 18.4. The molecular weight excluding hydrogens is 489 g/mol. The van der Waals surface area contributed by atoms with Gasteiger partial charge >= 0.3 is 0 Å². The third-order valence-electron chi connectivity index (χ3n) is 6.75. The summed E-state index contributed by atoms with van der Waals surface area (Å²) in [6.07, 6.45) is 3.80. The SMILES string of the molecule is COc1ccc(CC2CC(=O)N(C)c3cc(-c4ccnc(Nc5ccnn5C)n4)cc4nnc2n34)c(F)c1. The van der Waals surface area contributed by atoms with Crippen LogP contribution in [0.1, 0.15) is 23.7 Å². The highest BCUT2D eigenvalue weighted by atomic mass is 19.1. The molecule has 0 fully saturated rings. The first-order valence-electron chi connectivity index (χ1n) is 12.0. The van der Waals surface area contributed by atoms with Crippen molar-refractivity contribution in [3.05, 3.63) is 72.1 Å². The third-order valence-corrected chi connectivity index (χ3v) is 6.75. The van der Waals surface area contributed by atoms with E-state index < -0.39 is 0 Å². The lowest BCUT2D eigenvalue weighted by Crippen LogP contribution is -2.27. The number of aromatic nitrogens is 7. The standard InChI is InChI=1S/C26H24FN9O2/c1-34-23-12-16(20-6-8-28-26(30-20)31-21-7-9-29-35(21)2)11-22-32-33-25(36(22)23)17(13-24(34)37)10-15-4-5-18(38-3)14-19(15)27/h4-9,11-12,14,17H,10,13H2,1-3H3,(H,28,30,31). The maximum Gasteiger partial charge on any atom is 0.228 e. The molecule has 0 saturated carbocycles. The summed E-state index contributed by atoms with van der Waals surface area (Å²) in [5, 5.41) is 16.1. The molecule has 38 heavy (non-hydrogen) atoms. The van der Waals surface area contributed by atoms with Gasteiger partial charge < -0.3 is 15.0 Å². The van der Waals surface area contributed by atoms with E-state index in [1.54, 1.807) is 47.2 Å². The Morgan fingerprint density at radius 3 is 2.74 bits per heavy atom. The average Bonchev–Trinajstić information content (AvgIpc) is 3.51. The highest BCUT2D eigenvalue weighted by Crippen LogP contribution is 2.35. The second-order valence-corrected chi connectivity index (χ2v) is 9.10. The molecule has 11 nitrogen and oxygen atoms in total. The maximum absolute atomic E-state index is 14.8. The smallest absolute Gasteiger partial charge is 0.228 e. The summed E-state index contributed by atoms with van der Waals surface area (Å²) in [5.74, 6) is 1.97. The maximum atomic E-state index is 14.8. The van der Waals surface area contributed by atoms with Gasteiger partial charge in [-0.15, -0.1) is 10.2 Å². The van der Waals surface area contributed by atoms with E-state index in [0.29, 0.717) is 46.7 Å². The molecule has 0 aliphatic carbocycles. The van der Waals surface area contributed by atoms with Crippen molar-refractivity contribution in [1.82, 2.24) is 34.3 Å². The quantitative estimate of drug-likeness (QED) is 0.367. The summed E-state index contributed by atoms with van der Waals surface area (Å²) in [6.45, 7) is 0. The molecule has 1 atom stereocenters. The zero-order valence-electron chi connectivity index (χ0n) is 21.0. The number of carbonyl (C=O) groups is 1. The molecule has 1 aromatic carbocycles. The fraction of sp³-hybridized carbons (Fsp3) is 0.231. The van der Waals surface area contributed by atoms with Crippen molar-refractivity contribution in [2.24, 2.45) is 7.05 Å². The molecule has 5 aromatic rings. The van der Waals surface area contributed by atoms with E-state index >= 15 is 0 Å². The minimum absolute atomic E-state index is 0.103. The number of anilines is 3. The first-order valence-corrected chi connectivity index (χ1v) is 12.0. The number of nitrogens with one attached hydrogen (secondary N) is 1. The predicted octanol–water partition coefficient (Wildman–Crippen LogP) is 3.50. The van der Waals surface area contributed by atoms with Crippen LogP contribution in [0.3, 0.4) is 0 Å². The van der Waals surface area contributed by atoms with Gasteiger partial charge in [-0.25, -0.2) is 14.4 Å². The molecule has 192 valence electrons. The Kier molecular flexibility index (Phi) is 5.70. The normalized spacial score (nSPS) is 15.1. The summed E-state index contributed by atoms with van der Waals surface area (Å²) >= 11 is 0. The van der Waals surface area contributed by atoms with E-state index in [0.717, 1.165) is 11.4 Å². The van der Waals surface area contributed by atoms with Crippen LogP contribution >= 0.6 is 0 Å². The van der Waals surface area contributed by atoms with E-state index in [-0.39, 0.29) is 24.1 Å². The number of halogens is 1. The summed E-state index contributed by atoms with van der Waals surface area (Å²) in [5.41, 5.74) is 2.45. The Bertz CT molecular complexity index is 1680. The zero-order valence-corrected chi connectivity index (χ0v) is 21.0. The molecule has 6 rings (SSSR count). The second-order valence-electron chi connectivity index (χ2n) is 9.10. The van der Waals surface area contributed by atoms with Crippen LogP contribution in [0.25, 0.3) is 16.9 Å². The Balaban J connectivity index is 1.39. The Morgan fingerprint density at radius 1 is 1.11 bits per heavy atom. The van der Waals surface area contributed by atoms with Gasteiger partial charge in [-0.2, -0.15) is 5.10 Å². The van der Waals surface area contributed by atoms with Gasteiger partial charge in [0.15, 0.2) is 5.65 Å². The fourth-order valence-corrected chi connectivity index (χ4v) is 4.69. The second kappa shape index (κ2) is 9.21. The number of ether oxygens (including phenoxy) is 1. The lowest BCUT2D eigenvalue weighted by Gasteiger charge is -2.17. The minimum atomic E-state index is -0.384. The van der Waals surface area contributed by atoms with Crippen LogP contribution < -0.4 is 15.0 Å². The summed E-state index contributed by atoms with van der Waals surface area (Å²) in [7, 11) is 5.03. The van der Waals surface area contributed by atoms with Crippen LogP contribution in [-0.4, -0.2) is 54.4 Å². The van der Waals surface area contributed by atoms with E-state index in [4.69, 9.17) is 4.74 Å². The van der Waals surface area contributed by atoms with E-state index in [9.17, 15) is 9.18 Å². The summed E-state index contributed by atoms with van der Waals surface area (Å²) in [4.78, 5) is 23.8. The van der Waals surface area contributed by atoms with Gasteiger partial charge in [-0.1, -0.05) is 6.07 Å². The number of benzene rings is 1. The molecule has 1 aliphatic heterocycles. The van der Waals surface area contributed by atoms with Crippen LogP contribution in [0.4, 0.5) is 22.0 Å². The number of aryl methyl sites for hydroxylation is 1. The molecule has 1 amide bonds. The Hall–Kier alpha value is -4.87. The van der Waals surface area contributed by atoms with E-state index in [1.807, 2.05) is 29.6 Å². The lowest BCUT2D eigenvalue weighted by molar-refractivity contribution is -0.118. The van der Waals surface area contributed by atoms with Gasteiger partial charge in [-0.05, 0) is 36.2 Å². The molecular formula is C26H24FN9O2.